The molecule has 104 valence electrons. The molecule has 1 aromatic carbocycles. The lowest BCUT2D eigenvalue weighted by Gasteiger charge is -2.27. The second kappa shape index (κ2) is 5.26. The minimum atomic E-state index is -0.375. The molecule has 1 aliphatic rings. The first kappa shape index (κ1) is 13.1. The van der Waals surface area contributed by atoms with Crippen molar-refractivity contribution >= 4 is 17.2 Å². The number of fused-ring (bicyclic) bond motifs is 1. The third kappa shape index (κ3) is 2.54. The third-order valence-electron chi connectivity index (χ3n) is 3.42. The van der Waals surface area contributed by atoms with E-state index in [9.17, 15) is 4.39 Å². The highest BCUT2D eigenvalue weighted by molar-refractivity contribution is 7.80. The van der Waals surface area contributed by atoms with Crippen LogP contribution in [0.4, 0.5) is 4.39 Å². The van der Waals surface area contributed by atoms with Crippen LogP contribution in [0.1, 0.15) is 17.0 Å². The van der Waals surface area contributed by atoms with E-state index in [1.165, 1.54) is 6.07 Å². The van der Waals surface area contributed by atoms with Crippen molar-refractivity contribution in [3.63, 3.8) is 0 Å². The van der Waals surface area contributed by atoms with Gasteiger partial charge in [0.15, 0.2) is 0 Å². The Kier molecular flexibility index (Phi) is 3.45. The Labute approximate surface area is 121 Å². The third-order valence-corrected chi connectivity index (χ3v) is 3.64. The fourth-order valence-corrected chi connectivity index (χ4v) is 2.53. The van der Waals surface area contributed by atoms with E-state index in [0.717, 1.165) is 31.0 Å². The summed E-state index contributed by atoms with van der Waals surface area (Å²) in [7, 11) is 0. The Morgan fingerprint density at radius 2 is 2.25 bits per heavy atom. The van der Waals surface area contributed by atoms with Gasteiger partial charge in [-0.25, -0.2) is 4.39 Å². The van der Waals surface area contributed by atoms with Crippen LogP contribution in [0, 0.1) is 5.82 Å². The second-order valence-electron chi connectivity index (χ2n) is 4.83. The smallest absolute Gasteiger partial charge is 0.147 e. The van der Waals surface area contributed by atoms with Crippen LogP contribution in [0.5, 0.6) is 0 Å². The van der Waals surface area contributed by atoms with Crippen LogP contribution < -0.4 is 5.73 Å². The normalized spacial score (nSPS) is 15.1. The molecule has 3 rings (SSSR count). The van der Waals surface area contributed by atoms with Crippen LogP contribution in [0.25, 0.3) is 0 Å². The van der Waals surface area contributed by atoms with E-state index in [1.54, 1.807) is 18.5 Å². The molecule has 1 aromatic heterocycles. The fourth-order valence-electron chi connectivity index (χ4n) is 2.37. The zero-order valence-corrected chi connectivity index (χ0v) is 11.6. The molecule has 0 aliphatic carbocycles. The highest BCUT2D eigenvalue weighted by Gasteiger charge is 2.18. The number of halogens is 1. The van der Waals surface area contributed by atoms with Gasteiger partial charge in [-0.2, -0.15) is 0 Å². The van der Waals surface area contributed by atoms with Gasteiger partial charge >= 0.3 is 0 Å². The van der Waals surface area contributed by atoms with Crippen molar-refractivity contribution in [2.75, 3.05) is 6.54 Å². The van der Waals surface area contributed by atoms with E-state index in [1.807, 2.05) is 4.57 Å². The van der Waals surface area contributed by atoms with Gasteiger partial charge < -0.3 is 10.3 Å². The van der Waals surface area contributed by atoms with Crippen molar-refractivity contribution < 1.29 is 4.39 Å². The molecule has 0 spiro atoms. The zero-order valence-electron chi connectivity index (χ0n) is 10.8. The van der Waals surface area contributed by atoms with Crippen molar-refractivity contribution in [2.24, 2.45) is 5.73 Å². The van der Waals surface area contributed by atoms with Gasteiger partial charge in [0.25, 0.3) is 0 Å². The minimum absolute atomic E-state index is 0.0859. The van der Waals surface area contributed by atoms with E-state index in [0.29, 0.717) is 12.1 Å². The summed E-state index contributed by atoms with van der Waals surface area (Å²) in [5.74, 6) is 0.576. The average molecular weight is 291 g/mol. The van der Waals surface area contributed by atoms with E-state index in [2.05, 4.69) is 15.1 Å². The molecular weight excluding hydrogens is 277 g/mol. The van der Waals surface area contributed by atoms with Crippen molar-refractivity contribution in [1.82, 2.24) is 19.7 Å². The molecule has 0 radical (unpaired) electrons. The lowest BCUT2D eigenvalue weighted by Crippen LogP contribution is -2.33. The first-order valence-corrected chi connectivity index (χ1v) is 6.71. The van der Waals surface area contributed by atoms with E-state index >= 15 is 0 Å². The lowest BCUT2D eigenvalue weighted by molar-refractivity contribution is 0.208. The molecule has 0 unspecified atom stereocenters. The number of nitrogens with zero attached hydrogens (tertiary/aromatic N) is 4. The molecule has 20 heavy (non-hydrogen) atoms. The van der Waals surface area contributed by atoms with Gasteiger partial charge in [0.2, 0.25) is 0 Å². The Balaban J connectivity index is 1.76. The van der Waals surface area contributed by atoms with Crippen molar-refractivity contribution in [1.29, 1.82) is 0 Å². The number of rotatable bonds is 3. The summed E-state index contributed by atoms with van der Waals surface area (Å²) in [5, 5.41) is 7.98. The molecule has 0 bridgehead atoms. The van der Waals surface area contributed by atoms with Crippen molar-refractivity contribution in [3.8, 4) is 0 Å². The van der Waals surface area contributed by atoms with E-state index in [4.69, 9.17) is 18.0 Å². The maximum atomic E-state index is 13.6. The monoisotopic (exact) mass is 291 g/mol. The summed E-state index contributed by atoms with van der Waals surface area (Å²) in [6.45, 7) is 3.22. The molecule has 0 saturated heterocycles. The van der Waals surface area contributed by atoms with Crippen LogP contribution >= 0.6 is 12.2 Å². The van der Waals surface area contributed by atoms with Crippen LogP contribution in [0.3, 0.4) is 0 Å². The summed E-state index contributed by atoms with van der Waals surface area (Å²) >= 11 is 4.86. The number of hydrogen-bond acceptors (Lipinski definition) is 4. The van der Waals surface area contributed by atoms with Gasteiger partial charge in [-0.05, 0) is 17.7 Å². The predicted octanol–water partition coefficient (Wildman–Crippen LogP) is 1.07. The highest BCUT2D eigenvalue weighted by atomic mass is 32.1. The van der Waals surface area contributed by atoms with Crippen molar-refractivity contribution in [2.45, 2.75) is 19.6 Å². The molecule has 0 atom stereocenters. The number of nitrogens with two attached hydrogens (primary N) is 1. The summed E-state index contributed by atoms with van der Waals surface area (Å²) in [6, 6.07) is 4.89. The van der Waals surface area contributed by atoms with Gasteiger partial charge in [-0.3, -0.25) is 4.90 Å². The van der Waals surface area contributed by atoms with Crippen LogP contribution in [0.2, 0.25) is 0 Å². The van der Waals surface area contributed by atoms with Gasteiger partial charge in [0, 0.05) is 25.2 Å². The second-order valence-corrected chi connectivity index (χ2v) is 5.27. The van der Waals surface area contributed by atoms with Gasteiger partial charge in [-0.1, -0.05) is 18.3 Å². The summed E-state index contributed by atoms with van der Waals surface area (Å²) in [6.07, 6.45) is 1.75. The maximum absolute atomic E-state index is 13.6. The quantitative estimate of drug-likeness (QED) is 0.857. The van der Waals surface area contributed by atoms with E-state index in [-0.39, 0.29) is 10.8 Å². The van der Waals surface area contributed by atoms with Crippen LogP contribution in [-0.4, -0.2) is 31.2 Å². The Bertz CT molecular complexity index is 654. The topological polar surface area (TPSA) is 60.0 Å². The number of hydrogen-bond donors (Lipinski definition) is 1. The Morgan fingerprint density at radius 3 is 3.05 bits per heavy atom. The molecular formula is C13H14FN5S. The van der Waals surface area contributed by atoms with Gasteiger partial charge in [-0.15, -0.1) is 10.2 Å². The standard InChI is InChI=1S/C13H14FN5S/c14-11-2-1-9(5-10(11)13(15)20)6-18-3-4-19-8-16-17-12(19)7-18/h1-2,5,8H,3-4,6-7H2,(H2,15,20). The Morgan fingerprint density at radius 1 is 1.40 bits per heavy atom. The lowest BCUT2D eigenvalue weighted by atomic mass is 10.1. The molecule has 0 amide bonds. The first-order valence-electron chi connectivity index (χ1n) is 6.31. The predicted molar refractivity (Wildman–Crippen MR) is 76.4 cm³/mol. The largest absolute Gasteiger partial charge is 0.389 e. The molecule has 7 heteroatoms. The molecule has 0 fully saturated rings. The average Bonchev–Trinajstić information content (AvgIpc) is 2.88. The summed E-state index contributed by atoms with van der Waals surface area (Å²) in [5.41, 5.74) is 6.81. The molecule has 2 heterocycles. The molecule has 2 N–H and O–H groups in total. The minimum Gasteiger partial charge on any atom is -0.389 e. The zero-order chi connectivity index (χ0) is 14.1. The van der Waals surface area contributed by atoms with E-state index < -0.39 is 0 Å². The van der Waals surface area contributed by atoms with Gasteiger partial charge in [0.1, 0.15) is 23.0 Å². The maximum Gasteiger partial charge on any atom is 0.147 e. The highest BCUT2D eigenvalue weighted by Crippen LogP contribution is 2.16. The molecule has 0 saturated carbocycles. The van der Waals surface area contributed by atoms with Crippen LogP contribution in [-0.2, 0) is 19.6 Å². The molecule has 1 aliphatic heterocycles. The Hall–Kier alpha value is -1.86. The fraction of sp³-hybridized carbons (Fsp3) is 0.308. The molecule has 5 nitrogen and oxygen atoms in total. The van der Waals surface area contributed by atoms with Crippen LogP contribution in [0.15, 0.2) is 24.5 Å². The molecule has 2 aromatic rings. The summed E-state index contributed by atoms with van der Waals surface area (Å²) < 4.78 is 15.6. The van der Waals surface area contributed by atoms with Gasteiger partial charge in [0.05, 0.1) is 6.54 Å². The SMILES string of the molecule is NC(=S)c1cc(CN2CCn3cnnc3C2)ccc1F. The number of thiocarbonyl (C=S) groups is 1. The summed E-state index contributed by atoms with van der Waals surface area (Å²) in [4.78, 5) is 2.32. The van der Waals surface area contributed by atoms with Crippen molar-refractivity contribution in [3.05, 3.63) is 47.3 Å². The number of benzene rings is 1. The first-order chi connectivity index (χ1) is 9.63. The number of aromatic nitrogens is 3.